The number of benzene rings is 2. The summed E-state index contributed by atoms with van der Waals surface area (Å²) in [5, 5.41) is 11.6. The lowest BCUT2D eigenvalue weighted by Crippen LogP contribution is -2.25. The smallest absolute Gasteiger partial charge is 0.341 e. The Morgan fingerprint density at radius 1 is 1.04 bits per heavy atom. The van der Waals surface area contributed by atoms with E-state index in [1.807, 2.05) is 31.2 Å². The fourth-order valence-electron chi connectivity index (χ4n) is 2.35. The number of carboxylic acids is 1. The van der Waals surface area contributed by atoms with E-state index in [1.165, 1.54) is 5.56 Å². The van der Waals surface area contributed by atoms with Crippen molar-refractivity contribution in [3.63, 3.8) is 0 Å². The Kier molecular flexibility index (Phi) is 7.02. The van der Waals surface area contributed by atoms with Crippen LogP contribution in [0.5, 0.6) is 11.5 Å². The van der Waals surface area contributed by atoms with Gasteiger partial charge in [-0.2, -0.15) is 0 Å². The molecule has 2 aromatic carbocycles. The molecule has 0 spiro atoms. The van der Waals surface area contributed by atoms with Gasteiger partial charge < -0.3 is 19.9 Å². The monoisotopic (exact) mass is 357 g/mol. The van der Waals surface area contributed by atoms with Gasteiger partial charge in [0.1, 0.15) is 0 Å². The van der Waals surface area contributed by atoms with E-state index >= 15 is 0 Å². The van der Waals surface area contributed by atoms with Crippen molar-refractivity contribution in [3.8, 4) is 11.5 Å². The second-order valence-electron chi connectivity index (χ2n) is 5.77. The summed E-state index contributed by atoms with van der Waals surface area (Å²) in [6.07, 6.45) is 0.740. The van der Waals surface area contributed by atoms with Gasteiger partial charge in [0.2, 0.25) is 0 Å². The zero-order valence-electron chi connectivity index (χ0n) is 15.0. The van der Waals surface area contributed by atoms with Crippen LogP contribution in [0.25, 0.3) is 0 Å². The van der Waals surface area contributed by atoms with Crippen LogP contribution in [0, 0.1) is 6.92 Å². The van der Waals surface area contributed by atoms with Gasteiger partial charge in [0, 0.05) is 12.1 Å². The van der Waals surface area contributed by atoms with Crippen LogP contribution in [-0.4, -0.2) is 36.7 Å². The number of nitrogens with one attached hydrogen (secondary N) is 1. The van der Waals surface area contributed by atoms with Crippen LogP contribution in [0.15, 0.2) is 42.5 Å². The Hall–Kier alpha value is -3.02. The summed E-state index contributed by atoms with van der Waals surface area (Å²) in [5.41, 5.74) is 2.79. The average molecular weight is 357 g/mol. The molecule has 0 unspecified atom stereocenters. The van der Waals surface area contributed by atoms with Crippen LogP contribution in [0.4, 0.5) is 0 Å². The first-order valence-electron chi connectivity index (χ1n) is 8.44. The van der Waals surface area contributed by atoms with Crippen molar-refractivity contribution in [1.29, 1.82) is 0 Å². The molecule has 0 fully saturated rings. The van der Waals surface area contributed by atoms with Crippen LogP contribution in [0.3, 0.4) is 0 Å². The lowest BCUT2D eigenvalue weighted by molar-refractivity contribution is -0.139. The molecule has 0 radical (unpaired) electrons. The SMILES string of the molecule is CCOc1cc(C(=O)NCCc2ccc(C)cc2)ccc1OCC(=O)O. The summed E-state index contributed by atoms with van der Waals surface area (Å²) in [5.74, 6) is -0.654. The molecule has 2 rings (SSSR count). The van der Waals surface area contributed by atoms with E-state index in [2.05, 4.69) is 5.32 Å². The van der Waals surface area contributed by atoms with Crippen LogP contribution >= 0.6 is 0 Å². The van der Waals surface area contributed by atoms with E-state index < -0.39 is 12.6 Å². The molecular formula is C20H23NO5. The zero-order valence-corrected chi connectivity index (χ0v) is 15.0. The first-order valence-corrected chi connectivity index (χ1v) is 8.44. The maximum absolute atomic E-state index is 12.3. The maximum atomic E-state index is 12.3. The van der Waals surface area contributed by atoms with Crippen molar-refractivity contribution in [1.82, 2.24) is 5.32 Å². The number of carbonyl (C=O) groups excluding carboxylic acids is 1. The molecule has 2 N–H and O–H groups in total. The Labute approximate surface area is 152 Å². The third kappa shape index (κ3) is 5.81. The Morgan fingerprint density at radius 3 is 2.42 bits per heavy atom. The molecule has 6 nitrogen and oxygen atoms in total. The average Bonchev–Trinajstić information content (AvgIpc) is 2.62. The molecule has 0 aliphatic rings. The van der Waals surface area contributed by atoms with E-state index in [4.69, 9.17) is 14.6 Å². The van der Waals surface area contributed by atoms with Crippen molar-refractivity contribution >= 4 is 11.9 Å². The number of hydrogen-bond donors (Lipinski definition) is 2. The molecule has 0 atom stereocenters. The molecule has 0 saturated carbocycles. The summed E-state index contributed by atoms with van der Waals surface area (Å²) in [4.78, 5) is 23.0. The van der Waals surface area contributed by atoms with Crippen molar-refractivity contribution in [2.45, 2.75) is 20.3 Å². The van der Waals surface area contributed by atoms with E-state index in [0.717, 1.165) is 12.0 Å². The van der Waals surface area contributed by atoms with Crippen molar-refractivity contribution in [2.24, 2.45) is 0 Å². The summed E-state index contributed by atoms with van der Waals surface area (Å²) < 4.78 is 10.6. The Bertz CT molecular complexity index is 755. The molecule has 0 aliphatic heterocycles. The van der Waals surface area contributed by atoms with E-state index in [-0.39, 0.29) is 5.91 Å². The third-order valence-electron chi connectivity index (χ3n) is 3.68. The maximum Gasteiger partial charge on any atom is 0.341 e. The number of amides is 1. The van der Waals surface area contributed by atoms with Crippen molar-refractivity contribution in [3.05, 3.63) is 59.2 Å². The van der Waals surface area contributed by atoms with Gasteiger partial charge in [-0.05, 0) is 44.0 Å². The van der Waals surface area contributed by atoms with Gasteiger partial charge >= 0.3 is 5.97 Å². The van der Waals surface area contributed by atoms with Crippen LogP contribution in [0.2, 0.25) is 0 Å². The van der Waals surface area contributed by atoms with E-state index in [9.17, 15) is 9.59 Å². The molecule has 0 heterocycles. The number of hydrogen-bond acceptors (Lipinski definition) is 4. The first-order chi connectivity index (χ1) is 12.5. The topological polar surface area (TPSA) is 84.9 Å². The highest BCUT2D eigenvalue weighted by atomic mass is 16.5. The van der Waals surface area contributed by atoms with Gasteiger partial charge in [0.25, 0.3) is 5.91 Å². The standard InChI is InChI=1S/C20H23NO5/c1-3-25-18-12-16(8-9-17(18)26-13-19(22)23)20(24)21-11-10-15-6-4-14(2)5-7-15/h4-9,12H,3,10-11,13H2,1-2H3,(H,21,24)(H,22,23). The quantitative estimate of drug-likeness (QED) is 0.721. The van der Waals surface area contributed by atoms with Crippen LogP contribution in [-0.2, 0) is 11.2 Å². The summed E-state index contributed by atoms with van der Waals surface area (Å²) in [6, 6.07) is 12.9. The molecule has 0 aliphatic carbocycles. The Balaban J connectivity index is 1.97. The number of aliphatic carboxylic acids is 1. The summed E-state index contributed by atoms with van der Waals surface area (Å²) >= 11 is 0. The molecule has 0 saturated heterocycles. The number of carbonyl (C=O) groups is 2. The van der Waals surface area contributed by atoms with Gasteiger partial charge in [-0.1, -0.05) is 29.8 Å². The van der Waals surface area contributed by atoms with Gasteiger partial charge in [-0.25, -0.2) is 4.79 Å². The van der Waals surface area contributed by atoms with Gasteiger partial charge in [-0.3, -0.25) is 4.79 Å². The van der Waals surface area contributed by atoms with E-state index in [1.54, 1.807) is 25.1 Å². The molecule has 0 bridgehead atoms. The van der Waals surface area contributed by atoms with Crippen molar-refractivity contribution in [2.75, 3.05) is 19.8 Å². The van der Waals surface area contributed by atoms with Crippen LogP contribution < -0.4 is 14.8 Å². The van der Waals surface area contributed by atoms with Gasteiger partial charge in [0.05, 0.1) is 6.61 Å². The molecule has 1 amide bonds. The number of aryl methyl sites for hydroxylation is 1. The first kappa shape index (κ1) is 19.3. The van der Waals surface area contributed by atoms with Gasteiger partial charge in [-0.15, -0.1) is 0 Å². The highest BCUT2D eigenvalue weighted by Gasteiger charge is 2.12. The minimum Gasteiger partial charge on any atom is -0.490 e. The molecule has 2 aromatic rings. The lowest BCUT2D eigenvalue weighted by atomic mass is 10.1. The highest BCUT2D eigenvalue weighted by molar-refractivity contribution is 5.94. The summed E-state index contributed by atoms with van der Waals surface area (Å²) in [6.45, 7) is 4.26. The fourth-order valence-corrected chi connectivity index (χ4v) is 2.35. The molecule has 0 aromatic heterocycles. The van der Waals surface area contributed by atoms with E-state index in [0.29, 0.717) is 30.2 Å². The number of carboxylic acid groups (broad SMARTS) is 1. The van der Waals surface area contributed by atoms with Crippen molar-refractivity contribution < 1.29 is 24.2 Å². The second kappa shape index (κ2) is 9.46. The molecular weight excluding hydrogens is 334 g/mol. The number of rotatable bonds is 9. The van der Waals surface area contributed by atoms with Crippen LogP contribution in [0.1, 0.15) is 28.4 Å². The minimum absolute atomic E-state index is 0.220. The molecule has 138 valence electrons. The number of ether oxygens (including phenoxy) is 2. The summed E-state index contributed by atoms with van der Waals surface area (Å²) in [7, 11) is 0. The third-order valence-corrected chi connectivity index (χ3v) is 3.68. The second-order valence-corrected chi connectivity index (χ2v) is 5.77. The normalized spacial score (nSPS) is 10.2. The highest BCUT2D eigenvalue weighted by Crippen LogP contribution is 2.28. The molecule has 6 heteroatoms. The lowest BCUT2D eigenvalue weighted by Gasteiger charge is -2.12. The Morgan fingerprint density at radius 2 is 1.77 bits per heavy atom. The minimum atomic E-state index is -1.08. The predicted octanol–water partition coefficient (Wildman–Crippen LogP) is 2.83. The predicted molar refractivity (Wildman–Crippen MR) is 98.0 cm³/mol. The van der Waals surface area contributed by atoms with Gasteiger partial charge in [0.15, 0.2) is 18.1 Å². The zero-order chi connectivity index (χ0) is 18.9. The largest absolute Gasteiger partial charge is 0.490 e. The molecule has 26 heavy (non-hydrogen) atoms. The fraction of sp³-hybridized carbons (Fsp3) is 0.300.